The molecule has 6 heteroatoms. The van der Waals surface area contributed by atoms with E-state index in [1.54, 1.807) is 31.4 Å². The quantitative estimate of drug-likeness (QED) is 0.354. The number of carbonyl (C=O) groups is 1. The van der Waals surface area contributed by atoms with Gasteiger partial charge in [0.15, 0.2) is 10.9 Å². The van der Waals surface area contributed by atoms with Gasteiger partial charge in [0, 0.05) is 18.2 Å². The molecule has 0 unspecified atom stereocenters. The van der Waals surface area contributed by atoms with Crippen LogP contribution in [0.5, 0.6) is 5.75 Å². The predicted molar refractivity (Wildman–Crippen MR) is 70.4 cm³/mol. The highest BCUT2D eigenvalue weighted by Gasteiger charge is 2.03. The van der Waals surface area contributed by atoms with E-state index in [0.29, 0.717) is 11.3 Å². The number of thiocarbonyl (C=S) groups is 1. The average Bonchev–Trinajstić information content (AvgIpc) is 2.34. The zero-order chi connectivity index (χ0) is 12.7. The molecule has 90 valence electrons. The highest BCUT2D eigenvalue weighted by atomic mass is 32.1. The summed E-state index contributed by atoms with van der Waals surface area (Å²) in [4.78, 5) is 11.7. The van der Waals surface area contributed by atoms with E-state index in [-0.39, 0.29) is 17.3 Å². The number of nitrogens with zero attached hydrogens (tertiary/aromatic N) is 1. The fraction of sp³-hybridized carbons (Fsp3) is 0.182. The molecule has 3 N–H and O–H groups in total. The lowest BCUT2D eigenvalue weighted by Gasteiger charge is -2.01. The van der Waals surface area contributed by atoms with Crippen LogP contribution < -0.4 is 15.9 Å². The third-order valence-electron chi connectivity index (χ3n) is 1.95. The van der Waals surface area contributed by atoms with Gasteiger partial charge in [0.05, 0.1) is 7.11 Å². The molecule has 0 fully saturated rings. The molecule has 0 spiro atoms. The van der Waals surface area contributed by atoms with E-state index in [2.05, 4.69) is 22.7 Å². The molecule has 0 radical (unpaired) electrons. The summed E-state index contributed by atoms with van der Waals surface area (Å²) in [6.45, 7) is 0. The van der Waals surface area contributed by atoms with Gasteiger partial charge in [-0.25, -0.2) is 0 Å². The van der Waals surface area contributed by atoms with Crippen LogP contribution in [0.3, 0.4) is 0 Å². The molecule has 0 aliphatic rings. The van der Waals surface area contributed by atoms with Gasteiger partial charge in [-0.15, -0.1) is 0 Å². The lowest BCUT2D eigenvalue weighted by molar-refractivity contribution is 0.100. The Hall–Kier alpha value is -1.95. The van der Waals surface area contributed by atoms with Crippen LogP contribution in [0, 0.1) is 0 Å². The molecule has 0 aliphatic carbocycles. The van der Waals surface area contributed by atoms with E-state index in [9.17, 15) is 4.79 Å². The first-order valence-corrected chi connectivity index (χ1v) is 5.28. The van der Waals surface area contributed by atoms with Gasteiger partial charge >= 0.3 is 0 Å². The Labute approximate surface area is 105 Å². The van der Waals surface area contributed by atoms with E-state index in [1.165, 1.54) is 6.21 Å². The normalized spacial score (nSPS) is 10.2. The number of nitrogens with two attached hydrogens (primary N) is 1. The van der Waals surface area contributed by atoms with Crippen molar-refractivity contribution in [3.63, 3.8) is 0 Å². The molecule has 0 saturated heterocycles. The third-order valence-corrected chi connectivity index (χ3v) is 2.05. The first-order valence-electron chi connectivity index (χ1n) is 4.87. The monoisotopic (exact) mass is 251 g/mol. The Kier molecular flexibility index (Phi) is 5.09. The van der Waals surface area contributed by atoms with Crippen molar-refractivity contribution in [1.29, 1.82) is 0 Å². The van der Waals surface area contributed by atoms with E-state index in [4.69, 9.17) is 10.5 Å². The third kappa shape index (κ3) is 4.60. The molecule has 0 amide bonds. The van der Waals surface area contributed by atoms with Gasteiger partial charge in [-0.1, -0.05) is 0 Å². The summed E-state index contributed by atoms with van der Waals surface area (Å²) >= 11 is 4.55. The van der Waals surface area contributed by atoms with Crippen LogP contribution in [-0.4, -0.2) is 24.2 Å². The Morgan fingerprint density at radius 1 is 1.53 bits per heavy atom. The summed E-state index contributed by atoms with van der Waals surface area (Å²) in [6, 6.07) is 6.88. The van der Waals surface area contributed by atoms with Crippen LogP contribution in [-0.2, 0) is 0 Å². The number of Topliss-reactive ketones (excluding diaryl/α,β-unsaturated/α-hetero) is 1. The van der Waals surface area contributed by atoms with Crippen LogP contribution in [0.1, 0.15) is 16.8 Å². The van der Waals surface area contributed by atoms with Gasteiger partial charge in [0.2, 0.25) is 0 Å². The van der Waals surface area contributed by atoms with Crippen molar-refractivity contribution in [2.24, 2.45) is 10.8 Å². The second-order valence-corrected chi connectivity index (χ2v) is 3.58. The summed E-state index contributed by atoms with van der Waals surface area (Å²) in [7, 11) is 1.57. The molecular weight excluding hydrogens is 238 g/mol. The zero-order valence-corrected chi connectivity index (χ0v) is 10.2. The highest BCUT2D eigenvalue weighted by Crippen LogP contribution is 2.12. The Morgan fingerprint density at radius 2 is 2.18 bits per heavy atom. The molecule has 1 aromatic rings. The van der Waals surface area contributed by atoms with Crippen LogP contribution in [0.4, 0.5) is 0 Å². The summed E-state index contributed by atoms with van der Waals surface area (Å²) in [5, 5.41) is 3.75. The molecule has 17 heavy (non-hydrogen) atoms. The molecule has 0 aromatic heterocycles. The van der Waals surface area contributed by atoms with Gasteiger partial charge in [-0.05, 0) is 36.5 Å². The van der Waals surface area contributed by atoms with Crippen molar-refractivity contribution in [2.45, 2.75) is 6.42 Å². The van der Waals surface area contributed by atoms with Crippen molar-refractivity contribution < 1.29 is 9.53 Å². The molecular formula is C11H13N3O2S. The SMILES string of the molecule is COc1ccc(C(=O)C/C=N\NC(N)=S)cc1. The number of nitrogens with one attached hydrogen (secondary N) is 1. The second kappa shape index (κ2) is 6.59. The maximum absolute atomic E-state index is 11.7. The summed E-state index contributed by atoms with van der Waals surface area (Å²) in [5.74, 6) is 0.673. The van der Waals surface area contributed by atoms with Gasteiger partial charge in [-0.3, -0.25) is 10.2 Å². The molecule has 1 aromatic carbocycles. The van der Waals surface area contributed by atoms with Crippen molar-refractivity contribution >= 4 is 29.3 Å². The van der Waals surface area contributed by atoms with Crippen molar-refractivity contribution in [2.75, 3.05) is 7.11 Å². The maximum Gasteiger partial charge on any atom is 0.184 e. The molecule has 0 heterocycles. The van der Waals surface area contributed by atoms with Crippen LogP contribution in [0.2, 0.25) is 0 Å². The Balaban J connectivity index is 2.52. The lowest BCUT2D eigenvalue weighted by Crippen LogP contribution is -2.24. The summed E-state index contributed by atoms with van der Waals surface area (Å²) in [6.07, 6.45) is 1.60. The van der Waals surface area contributed by atoms with Crippen molar-refractivity contribution in [1.82, 2.24) is 5.43 Å². The minimum atomic E-state index is -0.0406. The van der Waals surface area contributed by atoms with Gasteiger partial charge < -0.3 is 10.5 Å². The van der Waals surface area contributed by atoms with Crippen LogP contribution >= 0.6 is 12.2 Å². The fourth-order valence-electron chi connectivity index (χ4n) is 1.13. The molecule has 5 nitrogen and oxygen atoms in total. The number of methoxy groups -OCH3 is 1. The second-order valence-electron chi connectivity index (χ2n) is 3.14. The van der Waals surface area contributed by atoms with Crippen LogP contribution in [0.25, 0.3) is 0 Å². The van der Waals surface area contributed by atoms with E-state index < -0.39 is 0 Å². The molecule has 1 rings (SSSR count). The highest BCUT2D eigenvalue weighted by molar-refractivity contribution is 7.80. The standard InChI is InChI=1S/C11H13N3O2S/c1-16-9-4-2-8(3-5-9)10(15)6-7-13-14-11(12)17/h2-5,7H,6H2,1H3,(H3,12,14,17)/b13-7-. The topological polar surface area (TPSA) is 76.7 Å². The van der Waals surface area contributed by atoms with E-state index in [0.717, 1.165) is 0 Å². The van der Waals surface area contributed by atoms with Crippen molar-refractivity contribution in [3.8, 4) is 5.75 Å². The van der Waals surface area contributed by atoms with Gasteiger partial charge in [-0.2, -0.15) is 5.10 Å². The van der Waals surface area contributed by atoms with Crippen LogP contribution in [0.15, 0.2) is 29.4 Å². The molecule has 0 saturated carbocycles. The van der Waals surface area contributed by atoms with E-state index >= 15 is 0 Å². The molecule has 0 bridgehead atoms. The van der Waals surface area contributed by atoms with Gasteiger partial charge in [0.25, 0.3) is 0 Å². The number of carbonyl (C=O) groups excluding carboxylic acids is 1. The average molecular weight is 251 g/mol. The zero-order valence-electron chi connectivity index (χ0n) is 9.34. The largest absolute Gasteiger partial charge is 0.497 e. The first kappa shape index (κ1) is 13.1. The number of benzene rings is 1. The first-order chi connectivity index (χ1) is 8.13. The summed E-state index contributed by atoms with van der Waals surface area (Å²) in [5.41, 5.74) is 8.14. The predicted octanol–water partition coefficient (Wildman–Crippen LogP) is 1.09. The number of hydrazone groups is 1. The number of hydrogen-bond acceptors (Lipinski definition) is 4. The fourth-order valence-corrected chi connectivity index (χ4v) is 1.19. The number of ketones is 1. The number of hydrogen-bond donors (Lipinski definition) is 2. The molecule has 0 atom stereocenters. The number of ether oxygens (including phenoxy) is 1. The Morgan fingerprint density at radius 3 is 2.71 bits per heavy atom. The van der Waals surface area contributed by atoms with Gasteiger partial charge in [0.1, 0.15) is 5.75 Å². The number of rotatable bonds is 5. The van der Waals surface area contributed by atoms with Crippen molar-refractivity contribution in [3.05, 3.63) is 29.8 Å². The minimum absolute atomic E-state index is 0.0406. The Bertz CT molecular complexity index is 429. The maximum atomic E-state index is 11.7. The van der Waals surface area contributed by atoms with E-state index in [1.807, 2.05) is 0 Å². The smallest absolute Gasteiger partial charge is 0.184 e. The summed E-state index contributed by atoms with van der Waals surface area (Å²) < 4.78 is 5.00. The molecule has 0 aliphatic heterocycles. The minimum Gasteiger partial charge on any atom is -0.497 e. The lowest BCUT2D eigenvalue weighted by atomic mass is 10.1.